The second-order valence-corrected chi connectivity index (χ2v) is 12.3. The normalized spacial score (nSPS) is 18.4. The molecule has 0 radical (unpaired) electrons. The number of ether oxygens (including phenoxy) is 3. The van der Waals surface area contributed by atoms with Gasteiger partial charge in [0.2, 0.25) is 10.0 Å². The summed E-state index contributed by atoms with van der Waals surface area (Å²) in [4.78, 5) is 14.5. The van der Waals surface area contributed by atoms with Crippen LogP contribution in [0.2, 0.25) is 0 Å². The number of aliphatic hydroxyl groups is 1. The van der Waals surface area contributed by atoms with Gasteiger partial charge >= 0.3 is 6.03 Å². The number of carbonyl (C=O) groups excluding carboxylic acids is 1. The third-order valence-corrected chi connectivity index (χ3v) is 9.25. The SMILES string of the molecule is COc1ccc(C#Cc2ccc3c(c2)O[C@@H](CN(C)C(=O)Nc2cccc(OC)c2)[C@H](C)CN([C@@H](C)CO)S3(=O)=O)cc1. The Bertz CT molecular complexity index is 1600. The molecule has 11 heteroatoms. The summed E-state index contributed by atoms with van der Waals surface area (Å²) in [6.45, 7) is 3.44. The van der Waals surface area contributed by atoms with Gasteiger partial charge in [0.25, 0.3) is 0 Å². The summed E-state index contributed by atoms with van der Waals surface area (Å²) in [5.41, 5.74) is 1.89. The number of fused-ring (bicyclic) bond motifs is 1. The molecular weight excluding hydrogens is 570 g/mol. The molecule has 0 aliphatic carbocycles. The van der Waals surface area contributed by atoms with Crippen LogP contribution in [0.3, 0.4) is 0 Å². The van der Waals surface area contributed by atoms with Crippen molar-refractivity contribution in [1.82, 2.24) is 9.21 Å². The number of urea groups is 1. The Hall–Kier alpha value is -4.24. The lowest BCUT2D eigenvalue weighted by Crippen LogP contribution is -2.50. The molecule has 0 aromatic heterocycles. The van der Waals surface area contributed by atoms with Gasteiger partial charge in [0.1, 0.15) is 28.2 Å². The predicted molar refractivity (Wildman–Crippen MR) is 164 cm³/mol. The van der Waals surface area contributed by atoms with Crippen molar-refractivity contribution in [1.29, 1.82) is 0 Å². The van der Waals surface area contributed by atoms with Crippen LogP contribution in [0.25, 0.3) is 0 Å². The second kappa shape index (κ2) is 13.8. The third-order valence-electron chi connectivity index (χ3n) is 7.23. The van der Waals surface area contributed by atoms with Gasteiger partial charge in [-0.1, -0.05) is 24.8 Å². The van der Waals surface area contributed by atoms with Gasteiger partial charge in [0, 0.05) is 48.4 Å². The highest BCUT2D eigenvalue weighted by atomic mass is 32.2. The molecule has 0 unspecified atom stereocenters. The van der Waals surface area contributed by atoms with E-state index in [1.165, 1.54) is 15.3 Å². The van der Waals surface area contributed by atoms with Gasteiger partial charge in [-0.2, -0.15) is 4.31 Å². The van der Waals surface area contributed by atoms with Crippen molar-refractivity contribution in [3.05, 3.63) is 77.9 Å². The van der Waals surface area contributed by atoms with Crippen LogP contribution >= 0.6 is 0 Å². The second-order valence-electron chi connectivity index (χ2n) is 10.4. The summed E-state index contributed by atoms with van der Waals surface area (Å²) in [5.74, 6) is 7.28. The Kier molecular flexibility index (Phi) is 10.2. The minimum absolute atomic E-state index is 0.0248. The molecule has 3 aromatic rings. The number of likely N-dealkylation sites (N-methyl/N-ethyl adjacent to an activating group) is 1. The molecule has 0 saturated heterocycles. The fraction of sp³-hybridized carbons (Fsp3) is 0.344. The summed E-state index contributed by atoms with van der Waals surface area (Å²) in [6, 6.07) is 18.0. The van der Waals surface area contributed by atoms with Crippen molar-refractivity contribution in [3.8, 4) is 29.1 Å². The van der Waals surface area contributed by atoms with Crippen LogP contribution in [0.4, 0.5) is 10.5 Å². The molecule has 0 saturated carbocycles. The molecule has 4 rings (SSSR count). The molecule has 228 valence electrons. The van der Waals surface area contributed by atoms with Crippen molar-refractivity contribution < 1.29 is 32.5 Å². The molecule has 0 spiro atoms. The van der Waals surface area contributed by atoms with Gasteiger partial charge in [-0.15, -0.1) is 0 Å². The van der Waals surface area contributed by atoms with Gasteiger partial charge in [0.15, 0.2) is 0 Å². The van der Waals surface area contributed by atoms with Gasteiger partial charge in [-0.3, -0.25) is 0 Å². The monoisotopic (exact) mass is 607 g/mol. The maximum atomic E-state index is 13.8. The molecule has 2 amide bonds. The maximum absolute atomic E-state index is 13.8. The number of nitrogens with one attached hydrogen (secondary N) is 1. The number of hydrogen-bond acceptors (Lipinski definition) is 7. The summed E-state index contributed by atoms with van der Waals surface area (Å²) >= 11 is 0. The minimum Gasteiger partial charge on any atom is -0.497 e. The minimum atomic E-state index is -4.01. The van der Waals surface area contributed by atoms with Gasteiger partial charge < -0.3 is 29.5 Å². The number of carbonyl (C=O) groups is 1. The van der Waals surface area contributed by atoms with E-state index >= 15 is 0 Å². The van der Waals surface area contributed by atoms with Crippen LogP contribution < -0.4 is 19.5 Å². The zero-order valence-corrected chi connectivity index (χ0v) is 25.7. The Morgan fingerprint density at radius 2 is 1.74 bits per heavy atom. The first-order chi connectivity index (χ1) is 20.5. The summed E-state index contributed by atoms with van der Waals surface area (Å²) < 4.78 is 45.6. The number of amides is 2. The molecule has 1 aliphatic rings. The molecule has 1 aliphatic heterocycles. The Morgan fingerprint density at radius 1 is 1.07 bits per heavy atom. The van der Waals surface area contributed by atoms with E-state index in [1.807, 2.05) is 31.2 Å². The molecule has 10 nitrogen and oxygen atoms in total. The average Bonchev–Trinajstić information content (AvgIpc) is 3.01. The number of methoxy groups -OCH3 is 2. The highest BCUT2D eigenvalue weighted by molar-refractivity contribution is 7.89. The van der Waals surface area contributed by atoms with E-state index in [1.54, 1.807) is 64.6 Å². The number of benzene rings is 3. The van der Waals surface area contributed by atoms with Crippen LogP contribution in [0.5, 0.6) is 17.2 Å². The summed E-state index contributed by atoms with van der Waals surface area (Å²) in [7, 11) is 0.776. The van der Waals surface area contributed by atoms with E-state index in [0.717, 1.165) is 5.56 Å². The first-order valence-corrected chi connectivity index (χ1v) is 15.3. The van der Waals surface area contributed by atoms with E-state index < -0.39 is 22.2 Å². The van der Waals surface area contributed by atoms with E-state index in [9.17, 15) is 18.3 Å². The zero-order valence-electron chi connectivity index (χ0n) is 24.9. The van der Waals surface area contributed by atoms with E-state index in [-0.39, 0.29) is 42.3 Å². The fourth-order valence-corrected chi connectivity index (χ4v) is 6.44. The van der Waals surface area contributed by atoms with Crippen LogP contribution in [0.1, 0.15) is 25.0 Å². The molecule has 3 atom stereocenters. The highest BCUT2D eigenvalue weighted by Gasteiger charge is 2.38. The van der Waals surface area contributed by atoms with Gasteiger partial charge in [-0.05, 0) is 61.5 Å². The Labute approximate surface area is 253 Å². The van der Waals surface area contributed by atoms with Crippen LogP contribution in [-0.4, -0.2) is 81.9 Å². The molecule has 0 bridgehead atoms. The zero-order chi connectivity index (χ0) is 31.1. The number of nitrogens with zero attached hydrogens (tertiary/aromatic N) is 2. The average molecular weight is 608 g/mol. The standard InChI is InChI=1S/C32H37N3O7S/c1-22-19-35(23(2)21-36)43(38,39)31-16-13-25(10-9-24-11-14-27(40-4)15-12-24)17-29(31)42-30(22)20-34(3)32(37)33-26-7-6-8-28(18-26)41-5/h6-8,11-18,22-23,30,36H,19-21H2,1-5H3,(H,33,37)/t22-,23+,30+/m1/s1. The molecular formula is C32H37N3O7S. The first-order valence-electron chi connectivity index (χ1n) is 13.8. The Morgan fingerprint density at radius 3 is 2.42 bits per heavy atom. The topological polar surface area (TPSA) is 118 Å². The van der Waals surface area contributed by atoms with E-state index in [4.69, 9.17) is 14.2 Å². The molecule has 3 aromatic carbocycles. The van der Waals surface area contributed by atoms with Crippen molar-refractivity contribution in [2.75, 3.05) is 46.3 Å². The van der Waals surface area contributed by atoms with Crippen LogP contribution in [0.15, 0.2) is 71.6 Å². The number of hydrogen-bond donors (Lipinski definition) is 2. The first kappa shape index (κ1) is 31.7. The predicted octanol–water partition coefficient (Wildman–Crippen LogP) is 4.04. The summed E-state index contributed by atoms with van der Waals surface area (Å²) in [6.07, 6.45) is -0.575. The number of rotatable bonds is 7. The highest BCUT2D eigenvalue weighted by Crippen LogP contribution is 2.34. The Balaban J connectivity index is 1.65. The largest absolute Gasteiger partial charge is 0.497 e. The van der Waals surface area contributed by atoms with Gasteiger partial charge in [-0.25, -0.2) is 13.2 Å². The molecule has 0 fully saturated rings. The molecule has 43 heavy (non-hydrogen) atoms. The molecule has 1 heterocycles. The smallest absolute Gasteiger partial charge is 0.321 e. The van der Waals surface area contributed by atoms with Crippen molar-refractivity contribution in [2.24, 2.45) is 5.92 Å². The lowest BCUT2D eigenvalue weighted by molar-refractivity contribution is 0.0830. The van der Waals surface area contributed by atoms with Crippen molar-refractivity contribution >= 4 is 21.7 Å². The quantitative estimate of drug-likeness (QED) is 0.390. The lowest BCUT2D eigenvalue weighted by Gasteiger charge is -2.37. The third kappa shape index (κ3) is 7.59. The molecule has 2 N–H and O–H groups in total. The number of aliphatic hydroxyl groups excluding tert-OH is 1. The maximum Gasteiger partial charge on any atom is 0.321 e. The number of anilines is 1. The van der Waals surface area contributed by atoms with E-state index in [0.29, 0.717) is 22.7 Å². The van der Waals surface area contributed by atoms with Crippen molar-refractivity contribution in [3.63, 3.8) is 0 Å². The summed E-state index contributed by atoms with van der Waals surface area (Å²) in [5, 5.41) is 12.8. The van der Waals surface area contributed by atoms with Crippen LogP contribution in [0, 0.1) is 17.8 Å². The van der Waals surface area contributed by atoms with Crippen LogP contribution in [-0.2, 0) is 10.0 Å². The number of sulfonamides is 1. The lowest BCUT2D eigenvalue weighted by atomic mass is 10.0. The van der Waals surface area contributed by atoms with Gasteiger partial charge in [0.05, 0.1) is 27.4 Å². The van der Waals surface area contributed by atoms with Crippen molar-refractivity contribution in [2.45, 2.75) is 30.9 Å². The fourth-order valence-electron chi connectivity index (χ4n) is 4.61. The van der Waals surface area contributed by atoms with E-state index in [2.05, 4.69) is 17.2 Å².